The Kier molecular flexibility index (Phi) is 11.8. The molecule has 0 saturated carbocycles. The van der Waals surface area contributed by atoms with Gasteiger partial charge in [0, 0.05) is 25.2 Å². The quantitative estimate of drug-likeness (QED) is 0.118. The molecule has 252 valence electrons. The van der Waals surface area contributed by atoms with Gasteiger partial charge in [0.15, 0.2) is 0 Å². The van der Waals surface area contributed by atoms with Crippen LogP contribution < -0.4 is 10.1 Å². The van der Waals surface area contributed by atoms with Crippen LogP contribution in [0.3, 0.4) is 0 Å². The molecule has 0 aromatic heterocycles. The maximum Gasteiger partial charge on any atom is 0.322 e. The Morgan fingerprint density at radius 1 is 0.735 bits per heavy atom. The minimum absolute atomic E-state index is 0.165. The molecule has 1 N–H and O–H groups in total. The Morgan fingerprint density at radius 2 is 1.27 bits per heavy atom. The molecule has 1 aliphatic rings. The van der Waals surface area contributed by atoms with Gasteiger partial charge in [-0.3, -0.25) is 15.0 Å². The molecular formula is C42H43FN2O4. The van der Waals surface area contributed by atoms with E-state index >= 15 is 4.39 Å². The Balaban J connectivity index is 1.39. The highest BCUT2D eigenvalue weighted by Crippen LogP contribution is 2.27. The lowest BCUT2D eigenvalue weighted by molar-refractivity contribution is -0.156. The van der Waals surface area contributed by atoms with Crippen molar-refractivity contribution in [2.24, 2.45) is 0 Å². The van der Waals surface area contributed by atoms with Gasteiger partial charge in [0.05, 0.1) is 18.8 Å². The predicted octanol–water partition coefficient (Wildman–Crippen LogP) is 7.51. The summed E-state index contributed by atoms with van der Waals surface area (Å²) in [6.45, 7) is 3.92. The van der Waals surface area contributed by atoms with Crippen LogP contribution in [-0.2, 0) is 47.0 Å². The molecule has 4 atom stereocenters. The first-order valence-electron chi connectivity index (χ1n) is 16.9. The highest BCUT2D eigenvalue weighted by Gasteiger charge is 2.39. The molecule has 7 heteroatoms. The van der Waals surface area contributed by atoms with Crippen molar-refractivity contribution in [3.05, 3.63) is 173 Å². The van der Waals surface area contributed by atoms with Crippen LogP contribution >= 0.6 is 0 Å². The second-order valence-electron chi connectivity index (χ2n) is 12.6. The van der Waals surface area contributed by atoms with E-state index in [0.29, 0.717) is 38.5 Å². The van der Waals surface area contributed by atoms with E-state index in [0.717, 1.165) is 27.8 Å². The number of carbonyl (C=O) groups excluding carboxylic acids is 1. The van der Waals surface area contributed by atoms with Crippen molar-refractivity contribution in [2.75, 3.05) is 6.61 Å². The number of nitrogens with one attached hydrogen (secondary N) is 1. The number of nitrogens with zero attached hydrogens (tertiary/aromatic N) is 1. The zero-order valence-electron chi connectivity index (χ0n) is 27.8. The van der Waals surface area contributed by atoms with Crippen LogP contribution in [0.5, 0.6) is 5.75 Å². The lowest BCUT2D eigenvalue weighted by Gasteiger charge is -2.42. The highest BCUT2D eigenvalue weighted by molar-refractivity contribution is 5.76. The Labute approximate surface area is 288 Å². The summed E-state index contributed by atoms with van der Waals surface area (Å²) in [6, 6.07) is 44.4. The third-order valence-electron chi connectivity index (χ3n) is 8.83. The molecule has 6 nitrogen and oxygen atoms in total. The van der Waals surface area contributed by atoms with Gasteiger partial charge in [-0.25, -0.2) is 4.39 Å². The van der Waals surface area contributed by atoms with Crippen molar-refractivity contribution in [1.29, 1.82) is 0 Å². The van der Waals surface area contributed by atoms with Crippen molar-refractivity contribution in [3.8, 4) is 5.75 Å². The monoisotopic (exact) mass is 658 g/mol. The number of rotatable bonds is 15. The summed E-state index contributed by atoms with van der Waals surface area (Å²) in [5, 5.41) is 3.49. The van der Waals surface area contributed by atoms with E-state index in [-0.39, 0.29) is 30.5 Å². The molecule has 0 spiro atoms. The van der Waals surface area contributed by atoms with E-state index in [1.165, 1.54) is 6.07 Å². The summed E-state index contributed by atoms with van der Waals surface area (Å²) in [5.74, 6) is -0.183. The lowest BCUT2D eigenvalue weighted by atomic mass is 9.92. The Bertz CT molecular complexity index is 1700. The molecule has 49 heavy (non-hydrogen) atoms. The van der Waals surface area contributed by atoms with Gasteiger partial charge in [-0.1, -0.05) is 121 Å². The van der Waals surface area contributed by atoms with E-state index in [2.05, 4.69) is 34.5 Å². The molecule has 5 aromatic carbocycles. The van der Waals surface area contributed by atoms with Gasteiger partial charge in [0.1, 0.15) is 30.8 Å². The number of ether oxygens (including phenoxy) is 3. The third kappa shape index (κ3) is 9.86. The van der Waals surface area contributed by atoms with Crippen LogP contribution in [0.25, 0.3) is 0 Å². The molecule has 0 unspecified atom stereocenters. The van der Waals surface area contributed by atoms with Crippen molar-refractivity contribution >= 4 is 5.97 Å². The molecule has 0 amide bonds. The number of morpholine rings is 1. The van der Waals surface area contributed by atoms with Gasteiger partial charge >= 0.3 is 5.97 Å². The summed E-state index contributed by atoms with van der Waals surface area (Å²) < 4.78 is 34.0. The first-order valence-corrected chi connectivity index (χ1v) is 16.9. The molecule has 6 rings (SSSR count). The maximum atomic E-state index is 15.3. The fraction of sp³-hybridized carbons (Fsp3) is 0.262. The van der Waals surface area contributed by atoms with Gasteiger partial charge in [0.2, 0.25) is 0 Å². The van der Waals surface area contributed by atoms with Crippen LogP contribution in [0.1, 0.15) is 34.7 Å². The largest absolute Gasteiger partial charge is 0.489 e. The fourth-order valence-electron chi connectivity index (χ4n) is 6.37. The molecule has 0 bridgehead atoms. The molecule has 0 radical (unpaired) electrons. The summed E-state index contributed by atoms with van der Waals surface area (Å²) in [5.41, 5.74) is 5.12. The number of hydrogen-bond acceptors (Lipinski definition) is 6. The summed E-state index contributed by atoms with van der Waals surface area (Å²) >= 11 is 0. The van der Waals surface area contributed by atoms with Gasteiger partial charge < -0.3 is 14.2 Å². The van der Waals surface area contributed by atoms with E-state index in [4.69, 9.17) is 14.2 Å². The van der Waals surface area contributed by atoms with Crippen molar-refractivity contribution in [3.63, 3.8) is 0 Å². The average Bonchev–Trinajstić information content (AvgIpc) is 3.13. The second kappa shape index (κ2) is 17.0. The molecule has 1 aliphatic heterocycles. The number of esters is 1. The first-order chi connectivity index (χ1) is 24.0. The number of hydrogen-bond donors (Lipinski definition) is 1. The van der Waals surface area contributed by atoms with Crippen molar-refractivity contribution in [2.45, 2.75) is 63.9 Å². The van der Waals surface area contributed by atoms with Gasteiger partial charge in [0.25, 0.3) is 0 Å². The minimum Gasteiger partial charge on any atom is -0.489 e. The van der Waals surface area contributed by atoms with Crippen molar-refractivity contribution < 1.29 is 23.4 Å². The van der Waals surface area contributed by atoms with Crippen LogP contribution in [-0.4, -0.2) is 41.7 Å². The summed E-state index contributed by atoms with van der Waals surface area (Å²) in [7, 11) is 0. The first kappa shape index (κ1) is 34.1. The fourth-order valence-corrected chi connectivity index (χ4v) is 6.37. The number of carbonyl (C=O) groups is 1. The number of halogens is 1. The second-order valence-corrected chi connectivity index (χ2v) is 12.6. The van der Waals surface area contributed by atoms with Gasteiger partial charge in [-0.15, -0.1) is 0 Å². The number of cyclic esters (lactones) is 1. The predicted molar refractivity (Wildman–Crippen MR) is 189 cm³/mol. The SMILES string of the molecule is C[C@@H]1N[C@@H]([C@H](OCc2ccccc2)[C@H](Cc2cc(F)cc(OCc3ccccc3)c2)N(Cc2ccccc2)Cc2ccccc2)COC1=O. The maximum absolute atomic E-state index is 15.3. The number of benzene rings is 5. The molecule has 0 aliphatic carbocycles. The van der Waals surface area contributed by atoms with Crippen LogP contribution in [0.2, 0.25) is 0 Å². The van der Waals surface area contributed by atoms with Crippen LogP contribution in [0, 0.1) is 5.82 Å². The Hall–Kier alpha value is -4.82. The van der Waals surface area contributed by atoms with Gasteiger partial charge in [-0.2, -0.15) is 0 Å². The van der Waals surface area contributed by atoms with E-state index in [1.54, 1.807) is 6.07 Å². The highest BCUT2D eigenvalue weighted by atomic mass is 19.1. The minimum atomic E-state index is -0.494. The van der Waals surface area contributed by atoms with E-state index < -0.39 is 12.1 Å². The topological polar surface area (TPSA) is 60.0 Å². The standard InChI is InChI=1S/C42H43FN2O4/c1-31-42(46)49-30-39(44-31)41(48-29-35-20-12-5-13-21-35)40(45(26-32-14-6-2-7-15-32)27-33-16-8-3-9-17-33)24-36-22-37(43)25-38(23-36)47-28-34-18-10-4-11-19-34/h2-23,25,31,39-41,44H,24,26-30H2,1H3/t31-,39+,40-,41-/m0/s1. The zero-order valence-corrected chi connectivity index (χ0v) is 27.8. The summed E-state index contributed by atoms with van der Waals surface area (Å²) in [4.78, 5) is 14.9. The van der Waals surface area contributed by atoms with Gasteiger partial charge in [-0.05, 0) is 53.3 Å². The van der Waals surface area contributed by atoms with Crippen LogP contribution in [0.15, 0.2) is 140 Å². The summed E-state index contributed by atoms with van der Waals surface area (Å²) in [6.07, 6.45) is 0.0131. The molecule has 1 heterocycles. The van der Waals surface area contributed by atoms with E-state index in [1.807, 2.05) is 110 Å². The zero-order chi connectivity index (χ0) is 33.8. The smallest absolute Gasteiger partial charge is 0.322 e. The third-order valence-corrected chi connectivity index (χ3v) is 8.83. The molecule has 5 aromatic rings. The van der Waals surface area contributed by atoms with Crippen molar-refractivity contribution in [1.82, 2.24) is 10.2 Å². The van der Waals surface area contributed by atoms with Crippen LogP contribution in [0.4, 0.5) is 4.39 Å². The Morgan fingerprint density at radius 3 is 1.82 bits per heavy atom. The lowest BCUT2D eigenvalue weighted by Crippen LogP contribution is -2.61. The molecular weight excluding hydrogens is 615 g/mol. The molecule has 1 saturated heterocycles. The normalized spacial score (nSPS) is 17.3. The van der Waals surface area contributed by atoms with E-state index in [9.17, 15) is 4.79 Å². The average molecular weight is 659 g/mol. The molecule has 1 fully saturated rings.